The molecule has 1 N–H and O–H groups in total. The van der Waals surface area contributed by atoms with Crippen LogP contribution in [0, 0.1) is 5.92 Å². The first kappa shape index (κ1) is 18.1. The Kier molecular flexibility index (Phi) is 4.28. The van der Waals surface area contributed by atoms with Gasteiger partial charge in [-0.3, -0.25) is 9.59 Å². The molecule has 7 nitrogen and oxygen atoms in total. The molecule has 5 rings (SSSR count). The fourth-order valence-electron chi connectivity index (χ4n) is 5.07. The number of amides is 1. The summed E-state index contributed by atoms with van der Waals surface area (Å²) in [6, 6.07) is 11.2. The van der Waals surface area contributed by atoms with Crippen LogP contribution in [-0.2, 0) is 0 Å². The van der Waals surface area contributed by atoms with E-state index in [2.05, 4.69) is 20.9 Å². The van der Waals surface area contributed by atoms with E-state index < -0.39 is 0 Å². The lowest BCUT2D eigenvalue weighted by Gasteiger charge is -2.47. The van der Waals surface area contributed by atoms with Gasteiger partial charge in [0.1, 0.15) is 0 Å². The Morgan fingerprint density at radius 2 is 2.10 bits per heavy atom. The van der Waals surface area contributed by atoms with Gasteiger partial charge >= 0.3 is 0 Å². The summed E-state index contributed by atoms with van der Waals surface area (Å²) in [7, 11) is 4.07. The molecule has 7 heteroatoms. The smallest absolute Gasteiger partial charge is 0.253 e. The maximum atomic E-state index is 13.3. The van der Waals surface area contributed by atoms with E-state index >= 15 is 0 Å². The Bertz CT molecular complexity index is 1130. The van der Waals surface area contributed by atoms with E-state index in [-0.39, 0.29) is 29.3 Å². The highest BCUT2D eigenvalue weighted by atomic mass is 16.2. The minimum Gasteiger partial charge on any atom is -0.345 e. The van der Waals surface area contributed by atoms with Gasteiger partial charge in [-0.1, -0.05) is 6.07 Å². The van der Waals surface area contributed by atoms with E-state index in [1.807, 2.05) is 47.8 Å². The van der Waals surface area contributed by atoms with Crippen LogP contribution in [0.2, 0.25) is 0 Å². The SMILES string of the molecule is CN(C)C[C@H]1[C@H]2C[C@H](CN(C(=O)c3ccc4nc[nH]c4c3)C2)c2cccc(=O)n21. The summed E-state index contributed by atoms with van der Waals surface area (Å²) < 4.78 is 1.98. The Morgan fingerprint density at radius 3 is 2.93 bits per heavy atom. The molecule has 0 aliphatic carbocycles. The second-order valence-corrected chi connectivity index (χ2v) is 8.53. The quantitative estimate of drug-likeness (QED) is 0.742. The van der Waals surface area contributed by atoms with Crippen molar-refractivity contribution in [3.05, 3.63) is 64.3 Å². The number of aromatic nitrogens is 3. The molecule has 1 fully saturated rings. The number of nitrogens with one attached hydrogen (secondary N) is 1. The number of piperidine rings is 1. The van der Waals surface area contributed by atoms with Gasteiger partial charge in [-0.2, -0.15) is 0 Å². The molecule has 0 unspecified atom stereocenters. The van der Waals surface area contributed by atoms with Crippen molar-refractivity contribution >= 4 is 16.9 Å². The van der Waals surface area contributed by atoms with Crippen LogP contribution < -0.4 is 5.56 Å². The van der Waals surface area contributed by atoms with Crippen molar-refractivity contribution in [3.63, 3.8) is 0 Å². The molecule has 2 bridgehead atoms. The zero-order valence-corrected chi connectivity index (χ0v) is 16.7. The van der Waals surface area contributed by atoms with E-state index in [0.717, 1.165) is 29.7 Å². The largest absolute Gasteiger partial charge is 0.345 e. The fourth-order valence-corrected chi connectivity index (χ4v) is 5.07. The number of H-pyrrole nitrogens is 1. The summed E-state index contributed by atoms with van der Waals surface area (Å²) in [5.41, 5.74) is 3.53. The highest BCUT2D eigenvalue weighted by Gasteiger charge is 2.42. The molecule has 150 valence electrons. The van der Waals surface area contributed by atoms with Crippen molar-refractivity contribution in [1.82, 2.24) is 24.3 Å². The highest BCUT2D eigenvalue weighted by molar-refractivity contribution is 5.97. The van der Waals surface area contributed by atoms with Gasteiger partial charge in [0.25, 0.3) is 11.5 Å². The zero-order valence-electron chi connectivity index (χ0n) is 16.7. The van der Waals surface area contributed by atoms with Crippen molar-refractivity contribution in [1.29, 1.82) is 0 Å². The van der Waals surface area contributed by atoms with Gasteiger partial charge in [0, 0.05) is 42.9 Å². The number of nitrogens with zero attached hydrogens (tertiary/aromatic N) is 4. The third kappa shape index (κ3) is 3.06. The molecule has 0 spiro atoms. The number of aromatic amines is 1. The van der Waals surface area contributed by atoms with Gasteiger partial charge in [-0.05, 0) is 50.7 Å². The molecular formula is C22H25N5O2. The number of hydrogen-bond acceptors (Lipinski definition) is 4. The van der Waals surface area contributed by atoms with Crippen LogP contribution in [0.15, 0.2) is 47.5 Å². The number of carbonyl (C=O) groups is 1. The molecular weight excluding hydrogens is 366 g/mol. The molecule has 0 saturated carbocycles. The Morgan fingerprint density at radius 1 is 1.24 bits per heavy atom. The van der Waals surface area contributed by atoms with Gasteiger partial charge < -0.3 is 19.4 Å². The van der Waals surface area contributed by atoms with Crippen molar-refractivity contribution in [2.75, 3.05) is 33.7 Å². The number of rotatable bonds is 3. The lowest BCUT2D eigenvalue weighted by molar-refractivity contribution is 0.0498. The average molecular weight is 391 g/mol. The summed E-state index contributed by atoms with van der Waals surface area (Å²) in [5, 5.41) is 0. The summed E-state index contributed by atoms with van der Waals surface area (Å²) in [4.78, 5) is 37.4. The number of carbonyl (C=O) groups excluding carboxylic acids is 1. The number of benzene rings is 1. The first-order valence-corrected chi connectivity index (χ1v) is 10.1. The monoisotopic (exact) mass is 391 g/mol. The third-order valence-electron chi connectivity index (χ3n) is 6.31. The first-order chi connectivity index (χ1) is 14.0. The standard InChI is InChI=1S/C22H25N5O2/c1-25(2)12-20-16-8-15(19-4-3-5-21(28)27(19)20)10-26(11-16)22(29)14-6-7-17-18(9-14)24-13-23-17/h3-7,9,13,15-16,20H,8,10-12H2,1-2H3,(H,23,24)/t15-,16+,20+/m1/s1. The maximum Gasteiger partial charge on any atom is 0.253 e. The number of likely N-dealkylation sites (N-methyl/N-ethyl adjacent to an activating group) is 1. The molecule has 2 aliphatic heterocycles. The summed E-state index contributed by atoms with van der Waals surface area (Å²) >= 11 is 0. The van der Waals surface area contributed by atoms with Crippen LogP contribution in [0.3, 0.4) is 0 Å². The first-order valence-electron chi connectivity index (χ1n) is 10.1. The fraction of sp³-hybridized carbons (Fsp3) is 0.409. The van der Waals surface area contributed by atoms with E-state index in [4.69, 9.17) is 0 Å². The van der Waals surface area contributed by atoms with Gasteiger partial charge in [-0.15, -0.1) is 0 Å². The molecule has 1 saturated heterocycles. The van der Waals surface area contributed by atoms with Crippen molar-refractivity contribution in [3.8, 4) is 0 Å². The van der Waals surface area contributed by atoms with Gasteiger partial charge in [0.05, 0.1) is 23.4 Å². The van der Waals surface area contributed by atoms with E-state index in [1.165, 1.54) is 0 Å². The zero-order chi connectivity index (χ0) is 20.1. The number of likely N-dealkylation sites (tertiary alicyclic amines) is 1. The topological polar surface area (TPSA) is 74.2 Å². The molecule has 1 amide bonds. The Labute approximate surface area is 169 Å². The molecule has 2 aliphatic rings. The van der Waals surface area contributed by atoms with Crippen LogP contribution >= 0.6 is 0 Å². The minimum atomic E-state index is 0.0477. The normalized spacial score (nSPS) is 23.4. The lowest BCUT2D eigenvalue weighted by Crippen LogP contribution is -2.52. The highest BCUT2D eigenvalue weighted by Crippen LogP contribution is 2.41. The summed E-state index contributed by atoms with van der Waals surface area (Å²) in [6.07, 6.45) is 2.66. The molecule has 4 heterocycles. The Hall–Kier alpha value is -2.93. The molecule has 1 aromatic carbocycles. The van der Waals surface area contributed by atoms with Crippen molar-refractivity contribution in [2.24, 2.45) is 5.92 Å². The lowest BCUT2D eigenvalue weighted by atomic mass is 9.78. The summed E-state index contributed by atoms with van der Waals surface area (Å²) in [6.45, 7) is 2.11. The second-order valence-electron chi connectivity index (χ2n) is 8.53. The molecule has 29 heavy (non-hydrogen) atoms. The van der Waals surface area contributed by atoms with Crippen LogP contribution in [0.4, 0.5) is 0 Å². The predicted octanol–water partition coefficient (Wildman–Crippen LogP) is 2.09. The summed E-state index contributed by atoms with van der Waals surface area (Å²) in [5.74, 6) is 0.510. The van der Waals surface area contributed by atoms with Crippen LogP contribution in [0.25, 0.3) is 11.0 Å². The van der Waals surface area contributed by atoms with Crippen molar-refractivity contribution < 1.29 is 4.79 Å². The molecule has 3 aromatic rings. The van der Waals surface area contributed by atoms with Gasteiger partial charge in [-0.25, -0.2) is 4.98 Å². The second kappa shape index (κ2) is 6.84. The van der Waals surface area contributed by atoms with Crippen molar-refractivity contribution in [2.45, 2.75) is 18.4 Å². The molecule has 2 aromatic heterocycles. The molecule has 3 atom stereocenters. The van der Waals surface area contributed by atoms with E-state index in [0.29, 0.717) is 18.7 Å². The predicted molar refractivity (Wildman–Crippen MR) is 111 cm³/mol. The van der Waals surface area contributed by atoms with Crippen LogP contribution in [0.1, 0.15) is 34.4 Å². The van der Waals surface area contributed by atoms with Gasteiger partial charge in [0.15, 0.2) is 0 Å². The number of pyridine rings is 1. The number of fused-ring (bicyclic) bond motifs is 5. The third-order valence-corrected chi connectivity index (χ3v) is 6.31. The van der Waals surface area contributed by atoms with Gasteiger partial charge in [0.2, 0.25) is 0 Å². The average Bonchev–Trinajstić information content (AvgIpc) is 3.18. The van der Waals surface area contributed by atoms with Crippen LogP contribution in [-0.4, -0.2) is 64.0 Å². The maximum absolute atomic E-state index is 13.3. The van der Waals surface area contributed by atoms with Crippen LogP contribution in [0.5, 0.6) is 0 Å². The number of imidazole rings is 1. The Balaban J connectivity index is 1.50. The number of hydrogen-bond donors (Lipinski definition) is 1. The van der Waals surface area contributed by atoms with E-state index in [9.17, 15) is 9.59 Å². The minimum absolute atomic E-state index is 0.0477. The van der Waals surface area contributed by atoms with E-state index in [1.54, 1.807) is 12.4 Å². The molecule has 0 radical (unpaired) electrons.